The van der Waals surface area contributed by atoms with E-state index >= 15 is 0 Å². The zero-order valence-electron chi connectivity index (χ0n) is 23.8. The summed E-state index contributed by atoms with van der Waals surface area (Å²) in [5, 5.41) is 25.1. The lowest BCUT2D eigenvalue weighted by atomic mass is 9.96. The van der Waals surface area contributed by atoms with E-state index < -0.39 is 23.7 Å². The molecular formula is C29H30F4N8O. The van der Waals surface area contributed by atoms with Gasteiger partial charge in [0.1, 0.15) is 23.0 Å². The van der Waals surface area contributed by atoms with Crippen LogP contribution in [-0.4, -0.2) is 44.8 Å². The number of halogens is 4. The number of alkyl halides is 3. The molecule has 9 nitrogen and oxygen atoms in total. The third kappa shape index (κ3) is 5.41. The molecule has 1 aliphatic carbocycles. The molecule has 3 heterocycles. The lowest BCUT2D eigenvalue weighted by Gasteiger charge is -2.23. The fraction of sp³-hybridized carbons (Fsp3) is 0.414. The molecule has 0 spiro atoms. The number of fused-ring (bicyclic) bond motifs is 1. The maximum absolute atomic E-state index is 13.9. The number of hydrogen-bond donors (Lipinski definition) is 2. The minimum Gasteiger partial charge on any atom is -0.494 e. The summed E-state index contributed by atoms with van der Waals surface area (Å²) in [6, 6.07) is 7.48. The Morgan fingerprint density at radius 1 is 1.19 bits per heavy atom. The van der Waals surface area contributed by atoms with Crippen LogP contribution in [0.3, 0.4) is 0 Å². The summed E-state index contributed by atoms with van der Waals surface area (Å²) in [4.78, 5) is 8.36. The highest BCUT2D eigenvalue weighted by molar-refractivity contribution is 5.99. The number of pyridine rings is 2. The average molecular weight is 583 g/mol. The van der Waals surface area contributed by atoms with Gasteiger partial charge in [-0.25, -0.2) is 9.67 Å². The Kier molecular flexibility index (Phi) is 7.20. The Balaban J connectivity index is 1.63. The molecule has 2 N–H and O–H groups in total. The van der Waals surface area contributed by atoms with E-state index in [0.717, 1.165) is 4.68 Å². The monoisotopic (exact) mass is 582 g/mol. The van der Waals surface area contributed by atoms with Gasteiger partial charge in [0.25, 0.3) is 0 Å². The molecule has 0 aliphatic heterocycles. The number of hydrogen-bond acceptors (Lipinski definition) is 8. The van der Waals surface area contributed by atoms with Crippen LogP contribution in [0.15, 0.2) is 36.7 Å². The Hall–Kier alpha value is -4.47. The van der Waals surface area contributed by atoms with Crippen LogP contribution in [-0.2, 0) is 5.54 Å². The molecule has 1 saturated carbocycles. The van der Waals surface area contributed by atoms with E-state index in [-0.39, 0.29) is 24.0 Å². The molecule has 1 atom stereocenters. The number of nitriles is 1. The standard InChI is InChI=1S/C29H30F4N8O/c1-16-19(6-7-23(30)37-16)25(21-14-41(40-39-21)28(8-9-28)29(31,32)33)38-18-10-20-24(36-15-27(2,3)4)17(12-34)13-35-26(20)22(11-18)42-5/h6-7,10-11,13-14,25,38H,8-9,15H2,1-5H3,(H,35,36). The van der Waals surface area contributed by atoms with Crippen LogP contribution >= 0.6 is 0 Å². The van der Waals surface area contributed by atoms with E-state index in [4.69, 9.17) is 4.74 Å². The smallest absolute Gasteiger partial charge is 0.413 e. The van der Waals surface area contributed by atoms with Gasteiger partial charge in [0, 0.05) is 41.1 Å². The number of aromatic nitrogens is 5. The first-order chi connectivity index (χ1) is 19.8. The predicted molar refractivity (Wildman–Crippen MR) is 149 cm³/mol. The minimum atomic E-state index is -4.48. The van der Waals surface area contributed by atoms with E-state index in [1.54, 1.807) is 19.1 Å². The zero-order chi connectivity index (χ0) is 30.4. The predicted octanol–water partition coefficient (Wildman–Crippen LogP) is 6.26. The lowest BCUT2D eigenvalue weighted by molar-refractivity contribution is -0.182. The Morgan fingerprint density at radius 2 is 1.93 bits per heavy atom. The van der Waals surface area contributed by atoms with Crippen molar-refractivity contribution in [3.63, 3.8) is 0 Å². The first-order valence-electron chi connectivity index (χ1n) is 13.3. The number of nitrogens with one attached hydrogen (secondary N) is 2. The summed E-state index contributed by atoms with van der Waals surface area (Å²) in [6.07, 6.45) is -1.91. The summed E-state index contributed by atoms with van der Waals surface area (Å²) in [5.74, 6) is -0.284. The van der Waals surface area contributed by atoms with Crippen molar-refractivity contribution in [1.82, 2.24) is 25.0 Å². The van der Waals surface area contributed by atoms with Crippen LogP contribution in [0.25, 0.3) is 10.9 Å². The molecule has 1 aliphatic rings. The quantitative estimate of drug-likeness (QED) is 0.185. The number of benzene rings is 1. The molecule has 5 rings (SSSR count). The third-order valence-electron chi connectivity index (χ3n) is 7.28. The molecule has 13 heteroatoms. The van der Waals surface area contributed by atoms with Gasteiger partial charge >= 0.3 is 6.18 Å². The molecule has 0 bridgehead atoms. The van der Waals surface area contributed by atoms with Crippen LogP contribution < -0.4 is 15.4 Å². The number of methoxy groups -OCH3 is 1. The molecule has 0 saturated heterocycles. The van der Waals surface area contributed by atoms with Gasteiger partial charge in [-0.2, -0.15) is 22.8 Å². The SMILES string of the molecule is COc1cc(NC(c2cn(C3(C(F)(F)F)CC3)nn2)c2ccc(F)nc2C)cc2c(NCC(C)(C)C)c(C#N)cnc12. The number of aryl methyl sites for hydroxylation is 1. The third-order valence-corrected chi connectivity index (χ3v) is 7.28. The summed E-state index contributed by atoms with van der Waals surface area (Å²) in [6.45, 7) is 8.35. The largest absolute Gasteiger partial charge is 0.494 e. The van der Waals surface area contributed by atoms with Crippen LogP contribution in [0.5, 0.6) is 5.75 Å². The molecule has 3 aromatic heterocycles. The van der Waals surface area contributed by atoms with Crippen molar-refractivity contribution in [3.8, 4) is 11.8 Å². The van der Waals surface area contributed by atoms with Gasteiger partial charge in [-0.05, 0) is 37.3 Å². The van der Waals surface area contributed by atoms with E-state index in [1.807, 2.05) is 0 Å². The fourth-order valence-corrected chi connectivity index (χ4v) is 4.84. The van der Waals surface area contributed by atoms with Crippen molar-refractivity contribution in [2.75, 3.05) is 24.3 Å². The van der Waals surface area contributed by atoms with Crippen molar-refractivity contribution in [3.05, 3.63) is 65.1 Å². The van der Waals surface area contributed by atoms with Gasteiger partial charge in [-0.1, -0.05) is 32.1 Å². The molecule has 4 aromatic rings. The minimum absolute atomic E-state index is 0.0883. The molecule has 0 radical (unpaired) electrons. The second-order valence-electron chi connectivity index (χ2n) is 11.7. The van der Waals surface area contributed by atoms with Gasteiger partial charge in [-0.15, -0.1) is 5.10 Å². The van der Waals surface area contributed by atoms with Crippen molar-refractivity contribution < 1.29 is 22.3 Å². The molecule has 1 aromatic carbocycles. The maximum atomic E-state index is 13.9. The Labute approximate surface area is 239 Å². The average Bonchev–Trinajstić information content (AvgIpc) is 3.61. The highest BCUT2D eigenvalue weighted by atomic mass is 19.4. The fourth-order valence-electron chi connectivity index (χ4n) is 4.84. The second kappa shape index (κ2) is 10.4. The van der Waals surface area contributed by atoms with Gasteiger partial charge < -0.3 is 15.4 Å². The van der Waals surface area contributed by atoms with E-state index in [0.29, 0.717) is 51.4 Å². The van der Waals surface area contributed by atoms with Crippen LogP contribution in [0.2, 0.25) is 0 Å². The highest BCUT2D eigenvalue weighted by Crippen LogP contribution is 2.55. The van der Waals surface area contributed by atoms with E-state index in [2.05, 4.69) is 57.8 Å². The number of anilines is 2. The highest BCUT2D eigenvalue weighted by Gasteiger charge is 2.66. The molecule has 220 valence electrons. The number of ether oxygens (including phenoxy) is 1. The van der Waals surface area contributed by atoms with Crippen LogP contribution in [0.1, 0.15) is 62.2 Å². The van der Waals surface area contributed by atoms with E-state index in [9.17, 15) is 22.8 Å². The van der Waals surface area contributed by atoms with Crippen molar-refractivity contribution in [1.29, 1.82) is 5.26 Å². The molecule has 42 heavy (non-hydrogen) atoms. The van der Waals surface area contributed by atoms with E-state index in [1.165, 1.54) is 31.6 Å². The summed E-state index contributed by atoms with van der Waals surface area (Å²) in [5.41, 5.74) is 0.753. The Bertz CT molecular complexity index is 1680. The topological polar surface area (TPSA) is 114 Å². The molecule has 0 amide bonds. The zero-order valence-corrected chi connectivity index (χ0v) is 23.8. The van der Waals surface area contributed by atoms with Gasteiger partial charge in [0.15, 0.2) is 5.54 Å². The lowest BCUT2D eigenvalue weighted by Crippen LogP contribution is -2.35. The van der Waals surface area contributed by atoms with Crippen molar-refractivity contribution in [2.24, 2.45) is 5.41 Å². The summed E-state index contributed by atoms with van der Waals surface area (Å²) >= 11 is 0. The first kappa shape index (κ1) is 29.0. The maximum Gasteiger partial charge on any atom is 0.413 e. The number of rotatable bonds is 8. The van der Waals surface area contributed by atoms with Crippen LogP contribution in [0, 0.1) is 29.6 Å². The number of nitrogens with zero attached hydrogens (tertiary/aromatic N) is 6. The first-order valence-corrected chi connectivity index (χ1v) is 13.3. The van der Waals surface area contributed by atoms with Crippen molar-refractivity contribution in [2.45, 2.75) is 58.3 Å². The normalized spacial score (nSPS) is 15.2. The summed E-state index contributed by atoms with van der Waals surface area (Å²) in [7, 11) is 1.49. The molecular weight excluding hydrogens is 552 g/mol. The van der Waals surface area contributed by atoms with Crippen molar-refractivity contribution >= 4 is 22.3 Å². The summed E-state index contributed by atoms with van der Waals surface area (Å²) < 4.78 is 61.9. The van der Waals surface area contributed by atoms with Gasteiger partial charge in [0.05, 0.1) is 30.6 Å². The van der Waals surface area contributed by atoms with Gasteiger partial charge in [-0.3, -0.25) is 4.98 Å². The van der Waals surface area contributed by atoms with Crippen LogP contribution in [0.4, 0.5) is 28.9 Å². The molecule has 1 fully saturated rings. The molecule has 1 unspecified atom stereocenters. The second-order valence-corrected chi connectivity index (χ2v) is 11.7. The van der Waals surface area contributed by atoms with Gasteiger partial charge in [0.2, 0.25) is 5.95 Å². The Morgan fingerprint density at radius 3 is 2.52 bits per heavy atom.